The third-order valence-electron chi connectivity index (χ3n) is 2.41. The maximum Gasteiger partial charge on any atom is 0.341 e. The number of aromatic carboxylic acids is 1. The van der Waals surface area contributed by atoms with E-state index < -0.39 is 11.9 Å². The summed E-state index contributed by atoms with van der Waals surface area (Å²) in [6.45, 7) is 0. The molecule has 0 spiro atoms. The van der Waals surface area contributed by atoms with Crippen molar-refractivity contribution < 1.29 is 19.4 Å². The van der Waals surface area contributed by atoms with Gasteiger partial charge in [-0.15, -0.1) is 0 Å². The summed E-state index contributed by atoms with van der Waals surface area (Å²) in [6.07, 6.45) is 0. The number of aromatic nitrogens is 1. The van der Waals surface area contributed by atoms with Gasteiger partial charge in [0.2, 0.25) is 11.8 Å². The van der Waals surface area contributed by atoms with Gasteiger partial charge in [0.05, 0.1) is 0 Å². The van der Waals surface area contributed by atoms with E-state index in [1.54, 1.807) is 0 Å². The van der Waals surface area contributed by atoms with Crippen molar-refractivity contribution in [2.75, 3.05) is 0 Å². The Labute approximate surface area is 118 Å². The Kier molecular flexibility index (Phi) is 3.86. The van der Waals surface area contributed by atoms with Crippen molar-refractivity contribution in [1.82, 2.24) is 4.98 Å². The van der Waals surface area contributed by atoms with E-state index in [1.807, 2.05) is 0 Å². The van der Waals surface area contributed by atoms with Gasteiger partial charge in [-0.2, -0.15) is 0 Å². The number of halogens is 1. The van der Waals surface area contributed by atoms with E-state index in [2.05, 4.69) is 4.98 Å². The van der Waals surface area contributed by atoms with Gasteiger partial charge >= 0.3 is 5.97 Å². The number of nitrogens with zero attached hydrogens (tertiary/aromatic N) is 1. The Balaban J connectivity index is 2.31. The molecule has 1 heterocycles. The molecule has 2 rings (SSSR count). The molecule has 7 heteroatoms. The number of ether oxygens (including phenoxy) is 1. The fraction of sp³-hybridized carbons (Fsp3) is 0. The summed E-state index contributed by atoms with van der Waals surface area (Å²) < 4.78 is 5.36. The standard InChI is InChI=1S/C13H9ClN2O4/c14-10-6-5-9(13(18)19)12(16-10)20-8-3-1-7(2-4-8)11(15)17/h1-6H,(H2,15,17)(H,18,19). The van der Waals surface area contributed by atoms with Crippen LogP contribution in [0.5, 0.6) is 11.6 Å². The maximum absolute atomic E-state index is 11.0. The van der Waals surface area contributed by atoms with E-state index in [1.165, 1.54) is 36.4 Å². The lowest BCUT2D eigenvalue weighted by Crippen LogP contribution is -2.10. The largest absolute Gasteiger partial charge is 0.477 e. The zero-order chi connectivity index (χ0) is 14.7. The van der Waals surface area contributed by atoms with Gasteiger partial charge in [0.25, 0.3) is 0 Å². The number of pyridine rings is 1. The molecule has 0 aliphatic heterocycles. The summed E-state index contributed by atoms with van der Waals surface area (Å²) in [5.74, 6) is -1.56. The molecule has 3 N–H and O–H groups in total. The maximum atomic E-state index is 11.0. The van der Waals surface area contributed by atoms with E-state index in [0.29, 0.717) is 11.3 Å². The van der Waals surface area contributed by atoms with E-state index in [4.69, 9.17) is 27.2 Å². The number of carboxylic acid groups (broad SMARTS) is 1. The van der Waals surface area contributed by atoms with Crippen LogP contribution in [-0.4, -0.2) is 22.0 Å². The minimum Gasteiger partial charge on any atom is -0.477 e. The molecule has 6 nitrogen and oxygen atoms in total. The molecule has 0 bridgehead atoms. The molecule has 1 aromatic heterocycles. The summed E-state index contributed by atoms with van der Waals surface area (Å²) in [7, 11) is 0. The van der Waals surface area contributed by atoms with Crippen LogP contribution >= 0.6 is 11.6 Å². The molecule has 0 unspecified atom stereocenters. The van der Waals surface area contributed by atoms with Gasteiger partial charge in [0.1, 0.15) is 16.5 Å². The number of amides is 1. The number of hydrogen-bond acceptors (Lipinski definition) is 4. The van der Waals surface area contributed by atoms with Crippen LogP contribution in [0, 0.1) is 0 Å². The van der Waals surface area contributed by atoms with Crippen molar-refractivity contribution >= 4 is 23.5 Å². The van der Waals surface area contributed by atoms with Gasteiger partial charge in [0.15, 0.2) is 0 Å². The summed E-state index contributed by atoms with van der Waals surface area (Å²) in [6, 6.07) is 8.53. The highest BCUT2D eigenvalue weighted by Crippen LogP contribution is 2.25. The van der Waals surface area contributed by atoms with Crippen molar-refractivity contribution in [3.63, 3.8) is 0 Å². The van der Waals surface area contributed by atoms with Crippen LogP contribution in [-0.2, 0) is 0 Å². The number of hydrogen-bond donors (Lipinski definition) is 2. The van der Waals surface area contributed by atoms with Gasteiger partial charge in [-0.05, 0) is 36.4 Å². The van der Waals surface area contributed by atoms with E-state index in [9.17, 15) is 9.59 Å². The van der Waals surface area contributed by atoms with Gasteiger partial charge < -0.3 is 15.6 Å². The first-order chi connectivity index (χ1) is 9.47. The first-order valence-corrected chi connectivity index (χ1v) is 5.82. The zero-order valence-electron chi connectivity index (χ0n) is 10.0. The molecule has 1 amide bonds. The first kappa shape index (κ1) is 13.8. The Morgan fingerprint density at radius 1 is 1.15 bits per heavy atom. The Bertz CT molecular complexity index is 671. The average Bonchev–Trinajstić information content (AvgIpc) is 2.39. The molecule has 0 radical (unpaired) electrons. The normalized spacial score (nSPS) is 10.1. The van der Waals surface area contributed by atoms with Crippen LogP contribution in [0.4, 0.5) is 0 Å². The highest BCUT2D eigenvalue weighted by atomic mass is 35.5. The average molecular weight is 293 g/mol. The molecule has 20 heavy (non-hydrogen) atoms. The lowest BCUT2D eigenvalue weighted by atomic mass is 10.2. The second-order valence-corrected chi connectivity index (χ2v) is 4.17. The highest BCUT2D eigenvalue weighted by Gasteiger charge is 2.14. The third kappa shape index (κ3) is 3.04. The van der Waals surface area contributed by atoms with Crippen molar-refractivity contribution in [2.45, 2.75) is 0 Å². The summed E-state index contributed by atoms with van der Waals surface area (Å²) in [5, 5.41) is 9.14. The second kappa shape index (κ2) is 5.58. The van der Waals surface area contributed by atoms with Crippen molar-refractivity contribution in [1.29, 1.82) is 0 Å². The van der Waals surface area contributed by atoms with Crippen LogP contribution in [0.1, 0.15) is 20.7 Å². The number of primary amides is 1. The Morgan fingerprint density at radius 3 is 2.35 bits per heavy atom. The molecule has 0 fully saturated rings. The zero-order valence-corrected chi connectivity index (χ0v) is 10.8. The van der Waals surface area contributed by atoms with Gasteiger partial charge in [0, 0.05) is 5.56 Å². The van der Waals surface area contributed by atoms with Crippen LogP contribution in [0.15, 0.2) is 36.4 Å². The number of carboxylic acids is 1. The molecular weight excluding hydrogens is 284 g/mol. The number of carbonyl (C=O) groups is 2. The lowest BCUT2D eigenvalue weighted by Gasteiger charge is -2.08. The molecule has 0 aliphatic carbocycles. The van der Waals surface area contributed by atoms with Gasteiger partial charge in [-0.1, -0.05) is 11.6 Å². The van der Waals surface area contributed by atoms with Crippen molar-refractivity contribution in [2.24, 2.45) is 5.73 Å². The van der Waals surface area contributed by atoms with E-state index in [0.717, 1.165) is 0 Å². The molecule has 102 valence electrons. The SMILES string of the molecule is NC(=O)c1ccc(Oc2nc(Cl)ccc2C(=O)O)cc1. The first-order valence-electron chi connectivity index (χ1n) is 5.45. The smallest absolute Gasteiger partial charge is 0.341 e. The third-order valence-corrected chi connectivity index (χ3v) is 2.62. The number of carbonyl (C=O) groups excluding carboxylic acids is 1. The van der Waals surface area contributed by atoms with Crippen LogP contribution in [0.2, 0.25) is 5.15 Å². The highest BCUT2D eigenvalue weighted by molar-refractivity contribution is 6.29. The van der Waals surface area contributed by atoms with Crippen LogP contribution < -0.4 is 10.5 Å². The van der Waals surface area contributed by atoms with Crippen LogP contribution in [0.3, 0.4) is 0 Å². The molecule has 0 atom stereocenters. The fourth-order valence-corrected chi connectivity index (χ4v) is 1.60. The molecule has 2 aromatic rings. The monoisotopic (exact) mass is 292 g/mol. The van der Waals surface area contributed by atoms with Crippen LogP contribution in [0.25, 0.3) is 0 Å². The Hall–Kier alpha value is -2.60. The number of rotatable bonds is 4. The predicted octanol–water partition coefficient (Wildman–Crippen LogP) is 2.32. The molecular formula is C13H9ClN2O4. The summed E-state index contributed by atoms with van der Waals surface area (Å²) >= 11 is 5.71. The van der Waals surface area contributed by atoms with E-state index >= 15 is 0 Å². The predicted molar refractivity (Wildman–Crippen MR) is 71.2 cm³/mol. The molecule has 1 aromatic carbocycles. The second-order valence-electron chi connectivity index (χ2n) is 3.78. The number of benzene rings is 1. The molecule has 0 aliphatic rings. The van der Waals surface area contributed by atoms with E-state index in [-0.39, 0.29) is 16.6 Å². The Morgan fingerprint density at radius 2 is 1.80 bits per heavy atom. The lowest BCUT2D eigenvalue weighted by molar-refractivity contribution is 0.0693. The van der Waals surface area contributed by atoms with Crippen molar-refractivity contribution in [3.8, 4) is 11.6 Å². The number of nitrogens with two attached hydrogens (primary N) is 1. The minimum absolute atomic E-state index is 0.110. The van der Waals surface area contributed by atoms with Gasteiger partial charge in [-0.25, -0.2) is 9.78 Å². The summed E-state index contributed by atoms with van der Waals surface area (Å²) in [5.41, 5.74) is 5.31. The topological polar surface area (TPSA) is 103 Å². The van der Waals surface area contributed by atoms with Crippen molar-refractivity contribution in [3.05, 3.63) is 52.7 Å². The van der Waals surface area contributed by atoms with Gasteiger partial charge in [-0.3, -0.25) is 4.79 Å². The molecule has 0 saturated carbocycles. The molecule has 0 saturated heterocycles. The minimum atomic E-state index is -1.18. The summed E-state index contributed by atoms with van der Waals surface area (Å²) in [4.78, 5) is 25.8. The fourth-order valence-electron chi connectivity index (χ4n) is 1.46. The quantitative estimate of drug-likeness (QED) is 0.842.